The van der Waals surface area contributed by atoms with Crippen molar-refractivity contribution in [3.05, 3.63) is 34.9 Å². The molecule has 1 heterocycles. The highest BCUT2D eigenvalue weighted by Crippen LogP contribution is 2.36. The molecule has 0 aromatic heterocycles. The Bertz CT molecular complexity index is 405. The third-order valence-electron chi connectivity index (χ3n) is 3.47. The molecule has 3 nitrogen and oxygen atoms in total. The van der Waals surface area contributed by atoms with Crippen LogP contribution in [0.25, 0.3) is 0 Å². The van der Waals surface area contributed by atoms with E-state index < -0.39 is 11.9 Å². The van der Waals surface area contributed by atoms with Gasteiger partial charge in [-0.1, -0.05) is 18.2 Å². The van der Waals surface area contributed by atoms with Crippen LogP contribution < -0.4 is 0 Å². The zero-order chi connectivity index (χ0) is 12.4. The highest BCUT2D eigenvalue weighted by Gasteiger charge is 2.34. The van der Waals surface area contributed by atoms with Gasteiger partial charge in [0.05, 0.1) is 12.0 Å². The average Bonchev–Trinajstić information content (AvgIpc) is 2.29. The van der Waals surface area contributed by atoms with Crippen LogP contribution >= 0.6 is 0 Å². The Hall–Kier alpha value is -1.35. The van der Waals surface area contributed by atoms with Gasteiger partial charge in [0, 0.05) is 6.61 Å². The number of carboxylic acid groups (broad SMARTS) is 1. The minimum atomic E-state index is -0.752. The second-order valence-corrected chi connectivity index (χ2v) is 4.68. The van der Waals surface area contributed by atoms with Gasteiger partial charge in [0.2, 0.25) is 0 Å². The molecule has 2 unspecified atom stereocenters. The molecule has 0 spiro atoms. The summed E-state index contributed by atoms with van der Waals surface area (Å²) in [6.45, 7) is 4.68. The van der Waals surface area contributed by atoms with E-state index in [1.807, 2.05) is 32.0 Å². The Kier molecular flexibility index (Phi) is 3.48. The average molecular weight is 234 g/mol. The maximum atomic E-state index is 11.3. The van der Waals surface area contributed by atoms with Crippen LogP contribution in [0.3, 0.4) is 0 Å². The largest absolute Gasteiger partial charge is 0.481 e. The molecule has 3 heteroatoms. The lowest BCUT2D eigenvalue weighted by Gasteiger charge is -2.31. The molecular weight excluding hydrogens is 216 g/mol. The van der Waals surface area contributed by atoms with Crippen molar-refractivity contribution in [1.82, 2.24) is 0 Å². The molecule has 0 radical (unpaired) electrons. The van der Waals surface area contributed by atoms with Crippen LogP contribution in [0.5, 0.6) is 0 Å². The SMILES string of the molecule is Cc1cccc(C)c1C1OCCCC1C(=O)O. The Morgan fingerprint density at radius 3 is 2.59 bits per heavy atom. The molecule has 1 aliphatic heterocycles. The van der Waals surface area contributed by atoms with E-state index in [0.717, 1.165) is 23.1 Å². The number of carboxylic acids is 1. The van der Waals surface area contributed by atoms with E-state index in [1.165, 1.54) is 0 Å². The smallest absolute Gasteiger partial charge is 0.309 e. The van der Waals surface area contributed by atoms with E-state index in [0.29, 0.717) is 13.0 Å². The van der Waals surface area contributed by atoms with E-state index >= 15 is 0 Å². The fourth-order valence-corrected chi connectivity index (χ4v) is 2.59. The lowest BCUT2D eigenvalue weighted by atomic mass is 9.85. The van der Waals surface area contributed by atoms with Gasteiger partial charge in [-0.3, -0.25) is 4.79 Å². The third-order valence-corrected chi connectivity index (χ3v) is 3.47. The predicted octanol–water partition coefficient (Wildman–Crippen LogP) is 2.86. The lowest BCUT2D eigenvalue weighted by molar-refractivity contribution is -0.152. The summed E-state index contributed by atoms with van der Waals surface area (Å²) in [5.41, 5.74) is 3.28. The summed E-state index contributed by atoms with van der Waals surface area (Å²) in [4.78, 5) is 11.3. The summed E-state index contributed by atoms with van der Waals surface area (Å²) in [6, 6.07) is 6.02. The van der Waals surface area contributed by atoms with Crippen LogP contribution in [0.1, 0.15) is 35.6 Å². The highest BCUT2D eigenvalue weighted by atomic mass is 16.5. The molecule has 92 valence electrons. The first kappa shape index (κ1) is 12.1. The van der Waals surface area contributed by atoms with E-state index in [-0.39, 0.29) is 6.10 Å². The molecule has 0 bridgehead atoms. The van der Waals surface area contributed by atoms with Gasteiger partial charge in [-0.15, -0.1) is 0 Å². The monoisotopic (exact) mass is 234 g/mol. The van der Waals surface area contributed by atoms with Crippen LogP contribution in [0.15, 0.2) is 18.2 Å². The van der Waals surface area contributed by atoms with Crippen LogP contribution in [0.4, 0.5) is 0 Å². The van der Waals surface area contributed by atoms with Crippen LogP contribution in [-0.2, 0) is 9.53 Å². The van der Waals surface area contributed by atoms with Gasteiger partial charge in [-0.05, 0) is 43.4 Å². The molecule has 1 fully saturated rings. The number of aliphatic carboxylic acids is 1. The number of carbonyl (C=O) groups is 1. The maximum absolute atomic E-state index is 11.3. The standard InChI is InChI=1S/C14H18O3/c1-9-5-3-6-10(2)12(9)13-11(14(15)16)7-4-8-17-13/h3,5-6,11,13H,4,7-8H2,1-2H3,(H,15,16). The second-order valence-electron chi connectivity index (χ2n) is 4.68. The van der Waals surface area contributed by atoms with Gasteiger partial charge in [0.15, 0.2) is 0 Å². The van der Waals surface area contributed by atoms with E-state index in [9.17, 15) is 9.90 Å². The summed E-state index contributed by atoms with van der Waals surface area (Å²) in [5.74, 6) is -1.17. The van der Waals surface area contributed by atoms with Crippen molar-refractivity contribution in [2.75, 3.05) is 6.61 Å². The molecule has 1 saturated heterocycles. The quantitative estimate of drug-likeness (QED) is 0.855. The highest BCUT2D eigenvalue weighted by molar-refractivity contribution is 5.71. The molecule has 0 amide bonds. The molecule has 0 aliphatic carbocycles. The first-order chi connectivity index (χ1) is 8.11. The van der Waals surface area contributed by atoms with Crippen LogP contribution in [0, 0.1) is 19.8 Å². The summed E-state index contributed by atoms with van der Waals surface area (Å²) in [5, 5.41) is 9.27. The third kappa shape index (κ3) is 2.34. The topological polar surface area (TPSA) is 46.5 Å². The van der Waals surface area contributed by atoms with Crippen molar-refractivity contribution in [3.8, 4) is 0 Å². The summed E-state index contributed by atoms with van der Waals surface area (Å²) in [6.07, 6.45) is 1.24. The second kappa shape index (κ2) is 4.88. The number of rotatable bonds is 2. The van der Waals surface area contributed by atoms with Crippen molar-refractivity contribution >= 4 is 5.97 Å². The Labute approximate surface area is 101 Å². The van der Waals surface area contributed by atoms with Crippen molar-refractivity contribution in [3.63, 3.8) is 0 Å². The molecule has 1 N–H and O–H groups in total. The van der Waals surface area contributed by atoms with Crippen LogP contribution in [-0.4, -0.2) is 17.7 Å². The molecule has 2 rings (SSSR count). The fraction of sp³-hybridized carbons (Fsp3) is 0.500. The zero-order valence-corrected chi connectivity index (χ0v) is 10.3. The number of ether oxygens (including phenoxy) is 1. The number of hydrogen-bond acceptors (Lipinski definition) is 2. The number of benzene rings is 1. The van der Waals surface area contributed by atoms with Gasteiger partial charge < -0.3 is 9.84 Å². The fourth-order valence-electron chi connectivity index (χ4n) is 2.59. The van der Waals surface area contributed by atoms with E-state index in [4.69, 9.17) is 4.74 Å². The zero-order valence-electron chi connectivity index (χ0n) is 10.3. The number of hydrogen-bond donors (Lipinski definition) is 1. The minimum absolute atomic E-state index is 0.289. The van der Waals surface area contributed by atoms with E-state index in [2.05, 4.69) is 0 Å². The molecule has 0 saturated carbocycles. The van der Waals surface area contributed by atoms with Gasteiger partial charge in [0.1, 0.15) is 0 Å². The van der Waals surface area contributed by atoms with E-state index in [1.54, 1.807) is 0 Å². The van der Waals surface area contributed by atoms with Crippen molar-refractivity contribution < 1.29 is 14.6 Å². The molecule has 2 atom stereocenters. The minimum Gasteiger partial charge on any atom is -0.481 e. The van der Waals surface area contributed by atoms with Crippen molar-refractivity contribution in [2.24, 2.45) is 5.92 Å². The normalized spacial score (nSPS) is 24.6. The van der Waals surface area contributed by atoms with Gasteiger partial charge >= 0.3 is 5.97 Å². The predicted molar refractivity (Wildman–Crippen MR) is 65.0 cm³/mol. The summed E-state index contributed by atoms with van der Waals surface area (Å²) < 4.78 is 5.72. The van der Waals surface area contributed by atoms with Crippen LogP contribution in [0.2, 0.25) is 0 Å². The summed E-state index contributed by atoms with van der Waals surface area (Å²) >= 11 is 0. The van der Waals surface area contributed by atoms with Crippen molar-refractivity contribution in [2.45, 2.75) is 32.8 Å². The Morgan fingerprint density at radius 2 is 2.00 bits per heavy atom. The molecule has 1 aromatic rings. The summed E-state index contributed by atoms with van der Waals surface area (Å²) in [7, 11) is 0. The van der Waals surface area contributed by atoms with Gasteiger partial charge in [0.25, 0.3) is 0 Å². The van der Waals surface area contributed by atoms with Crippen molar-refractivity contribution in [1.29, 1.82) is 0 Å². The number of aryl methyl sites for hydroxylation is 2. The van der Waals surface area contributed by atoms with Gasteiger partial charge in [-0.2, -0.15) is 0 Å². The lowest BCUT2D eigenvalue weighted by Crippen LogP contribution is -2.29. The van der Waals surface area contributed by atoms with Gasteiger partial charge in [-0.25, -0.2) is 0 Å². The Morgan fingerprint density at radius 1 is 1.35 bits per heavy atom. The molecule has 1 aliphatic rings. The first-order valence-electron chi connectivity index (χ1n) is 6.02. The first-order valence-corrected chi connectivity index (χ1v) is 6.02. The maximum Gasteiger partial charge on any atom is 0.309 e. The molecular formula is C14H18O3. The molecule has 1 aromatic carbocycles. The Balaban J connectivity index is 2.39. The molecule has 17 heavy (non-hydrogen) atoms.